The summed E-state index contributed by atoms with van der Waals surface area (Å²) in [5.41, 5.74) is 4.68. The topological polar surface area (TPSA) is 82.2 Å². The molecule has 1 N–H and O–H groups in total. The van der Waals surface area contributed by atoms with Crippen LogP contribution in [0.3, 0.4) is 0 Å². The molecule has 5 rings (SSSR count). The molecule has 0 bridgehead atoms. The number of hydrogen-bond acceptors (Lipinski definition) is 5. The van der Waals surface area contributed by atoms with E-state index in [-0.39, 0.29) is 22.7 Å². The fourth-order valence-corrected chi connectivity index (χ4v) is 6.13. The third-order valence-corrected chi connectivity index (χ3v) is 9.28. The van der Waals surface area contributed by atoms with Crippen LogP contribution >= 0.6 is 23.2 Å². The van der Waals surface area contributed by atoms with Gasteiger partial charge < -0.3 is 24.8 Å². The molecule has 0 radical (unpaired) electrons. The molecule has 0 atom stereocenters. The van der Waals surface area contributed by atoms with Gasteiger partial charge in [-0.15, -0.1) is 0 Å². The van der Waals surface area contributed by atoms with Gasteiger partial charge in [-0.3, -0.25) is 14.4 Å². The average molecular weight is 702 g/mol. The minimum Gasteiger partial charge on any atom is -0.491 e. The molecule has 3 amide bonds. The molecule has 0 unspecified atom stereocenters. The Morgan fingerprint density at radius 3 is 2.33 bits per heavy atom. The lowest BCUT2D eigenvalue weighted by Gasteiger charge is -2.32. The lowest BCUT2D eigenvalue weighted by molar-refractivity contribution is -0.132. The number of carbonyl (C=O) groups is 3. The van der Waals surface area contributed by atoms with Crippen LogP contribution < -0.4 is 15.0 Å². The van der Waals surface area contributed by atoms with E-state index < -0.39 is 0 Å². The van der Waals surface area contributed by atoms with E-state index in [2.05, 4.69) is 17.3 Å². The highest BCUT2D eigenvalue weighted by molar-refractivity contribution is 6.34. The first-order valence-corrected chi connectivity index (χ1v) is 17.3. The number of nitrogens with one attached hydrogen (secondary N) is 1. The van der Waals surface area contributed by atoms with Crippen molar-refractivity contribution in [3.8, 4) is 16.9 Å². The van der Waals surface area contributed by atoms with E-state index in [0.717, 1.165) is 62.1 Å². The summed E-state index contributed by atoms with van der Waals surface area (Å²) >= 11 is 12.9. The van der Waals surface area contributed by atoms with Crippen molar-refractivity contribution in [3.63, 3.8) is 0 Å². The smallest absolute Gasteiger partial charge is 0.258 e. The molecule has 49 heavy (non-hydrogen) atoms. The van der Waals surface area contributed by atoms with Gasteiger partial charge in [0, 0.05) is 61.9 Å². The molecular formula is C39H42Cl2N4O4. The predicted molar refractivity (Wildman–Crippen MR) is 198 cm³/mol. The number of benzene rings is 4. The molecular weight excluding hydrogens is 659 g/mol. The number of carbonyl (C=O) groups excluding carboxylic acids is 3. The van der Waals surface area contributed by atoms with Crippen LogP contribution in [0.25, 0.3) is 11.1 Å². The van der Waals surface area contributed by atoms with Crippen LogP contribution in [-0.4, -0.2) is 74.4 Å². The van der Waals surface area contributed by atoms with Gasteiger partial charge in [0.05, 0.1) is 23.0 Å². The number of likely N-dealkylation sites (N-methyl/N-ethyl adjacent to an activating group) is 1. The Morgan fingerprint density at radius 1 is 0.857 bits per heavy atom. The number of anilines is 2. The lowest BCUT2D eigenvalue weighted by Crippen LogP contribution is -2.47. The number of nitrogens with zero attached hydrogens (tertiary/aromatic N) is 3. The first-order valence-electron chi connectivity index (χ1n) is 16.5. The molecule has 0 aromatic heterocycles. The van der Waals surface area contributed by atoms with Crippen LogP contribution in [0.15, 0.2) is 84.9 Å². The maximum atomic E-state index is 13.6. The second-order valence-corrected chi connectivity index (χ2v) is 13.2. The van der Waals surface area contributed by atoms with Crippen molar-refractivity contribution in [1.29, 1.82) is 0 Å². The normalized spacial score (nSPS) is 13.2. The minimum absolute atomic E-state index is 0.213. The van der Waals surface area contributed by atoms with Crippen molar-refractivity contribution in [1.82, 2.24) is 9.80 Å². The number of piperazine rings is 1. The van der Waals surface area contributed by atoms with E-state index in [0.29, 0.717) is 46.3 Å². The SMILES string of the molecule is Cc1ccc(-c2ccccc2C(=O)Nc2ccc(C(=O)N(C)c3ccc(Cl)cc3OCCCCCC(=O)N3CCN(C)CC3)cc2Cl)cc1. The summed E-state index contributed by atoms with van der Waals surface area (Å²) in [6.07, 6.45) is 2.95. The molecule has 1 aliphatic rings. The minimum atomic E-state index is -0.307. The van der Waals surface area contributed by atoms with Crippen molar-refractivity contribution in [2.75, 3.05) is 57.1 Å². The maximum absolute atomic E-state index is 13.6. The lowest BCUT2D eigenvalue weighted by atomic mass is 9.98. The van der Waals surface area contributed by atoms with Gasteiger partial charge in [0.1, 0.15) is 5.75 Å². The summed E-state index contributed by atoms with van der Waals surface area (Å²) in [4.78, 5) is 45.1. The molecule has 0 aliphatic carbocycles. The Hall–Kier alpha value is -4.37. The molecule has 0 saturated carbocycles. The first-order chi connectivity index (χ1) is 23.6. The largest absolute Gasteiger partial charge is 0.491 e. The number of aryl methyl sites for hydroxylation is 1. The van der Waals surface area contributed by atoms with E-state index in [1.54, 1.807) is 49.5 Å². The summed E-state index contributed by atoms with van der Waals surface area (Å²) in [7, 11) is 3.74. The van der Waals surface area contributed by atoms with Gasteiger partial charge in [-0.2, -0.15) is 0 Å². The third kappa shape index (κ3) is 9.41. The Kier molecular flexibility index (Phi) is 12.3. The zero-order chi connectivity index (χ0) is 34.9. The Bertz CT molecular complexity index is 1790. The molecule has 8 nitrogen and oxygen atoms in total. The number of unbranched alkanes of at least 4 members (excludes halogenated alkanes) is 2. The second kappa shape index (κ2) is 16.8. The standard InChI is InChI=1S/C39H42Cl2N4O4/c1-27-12-14-28(15-13-27)31-9-6-7-10-32(31)38(47)42-34-18-16-29(25-33(34)41)39(48)44(3)35-19-17-30(40)26-36(35)49-24-8-4-5-11-37(46)45-22-20-43(2)21-23-45/h6-7,9-10,12-19,25-26H,4-5,8,11,20-24H2,1-3H3,(H,42,47). The highest BCUT2D eigenvalue weighted by Crippen LogP contribution is 2.33. The van der Waals surface area contributed by atoms with E-state index >= 15 is 0 Å². The summed E-state index contributed by atoms with van der Waals surface area (Å²) in [5.74, 6) is 0.0854. The summed E-state index contributed by atoms with van der Waals surface area (Å²) in [5, 5.41) is 3.62. The Labute approximate surface area is 298 Å². The van der Waals surface area contributed by atoms with Gasteiger partial charge in [0.2, 0.25) is 5.91 Å². The highest BCUT2D eigenvalue weighted by atomic mass is 35.5. The summed E-state index contributed by atoms with van der Waals surface area (Å²) in [6, 6.07) is 25.3. The second-order valence-electron chi connectivity index (χ2n) is 12.4. The van der Waals surface area contributed by atoms with Crippen LogP contribution in [0.4, 0.5) is 11.4 Å². The van der Waals surface area contributed by atoms with Gasteiger partial charge in [0.15, 0.2) is 0 Å². The van der Waals surface area contributed by atoms with Crippen molar-refractivity contribution in [3.05, 3.63) is 112 Å². The molecule has 1 saturated heterocycles. The van der Waals surface area contributed by atoms with Crippen LogP contribution in [0.1, 0.15) is 52.0 Å². The van der Waals surface area contributed by atoms with Gasteiger partial charge in [-0.25, -0.2) is 0 Å². The Morgan fingerprint density at radius 2 is 1.59 bits per heavy atom. The van der Waals surface area contributed by atoms with Crippen molar-refractivity contribution >= 4 is 52.3 Å². The quantitative estimate of drug-likeness (QED) is 0.151. The van der Waals surface area contributed by atoms with Crippen LogP contribution in [-0.2, 0) is 4.79 Å². The number of amides is 3. The molecule has 0 spiro atoms. The summed E-state index contributed by atoms with van der Waals surface area (Å²) < 4.78 is 6.08. The van der Waals surface area contributed by atoms with E-state index in [4.69, 9.17) is 27.9 Å². The summed E-state index contributed by atoms with van der Waals surface area (Å²) in [6.45, 7) is 5.85. The molecule has 10 heteroatoms. The number of hydrogen-bond donors (Lipinski definition) is 1. The van der Waals surface area contributed by atoms with Gasteiger partial charge in [0.25, 0.3) is 11.8 Å². The first kappa shape index (κ1) is 35.9. The van der Waals surface area contributed by atoms with E-state index in [9.17, 15) is 14.4 Å². The van der Waals surface area contributed by atoms with Crippen molar-refractivity contribution < 1.29 is 19.1 Å². The van der Waals surface area contributed by atoms with Crippen LogP contribution in [0.5, 0.6) is 5.75 Å². The van der Waals surface area contributed by atoms with E-state index in [1.807, 2.05) is 54.3 Å². The van der Waals surface area contributed by atoms with Crippen molar-refractivity contribution in [2.24, 2.45) is 0 Å². The zero-order valence-corrected chi connectivity index (χ0v) is 29.7. The molecule has 4 aromatic rings. The van der Waals surface area contributed by atoms with Gasteiger partial charge in [-0.05, 0) is 80.8 Å². The zero-order valence-electron chi connectivity index (χ0n) is 28.2. The molecule has 1 aliphatic heterocycles. The molecule has 4 aromatic carbocycles. The van der Waals surface area contributed by atoms with Crippen LogP contribution in [0, 0.1) is 6.92 Å². The monoisotopic (exact) mass is 700 g/mol. The number of rotatable bonds is 12. The maximum Gasteiger partial charge on any atom is 0.258 e. The molecule has 1 fully saturated rings. The number of halogens is 2. The van der Waals surface area contributed by atoms with Gasteiger partial charge in [-0.1, -0.05) is 71.2 Å². The fourth-order valence-electron chi connectivity index (χ4n) is 5.74. The molecule has 1 heterocycles. The van der Waals surface area contributed by atoms with Gasteiger partial charge >= 0.3 is 0 Å². The number of ether oxygens (including phenoxy) is 1. The highest BCUT2D eigenvalue weighted by Gasteiger charge is 2.21. The molecule has 256 valence electrons. The Balaban J connectivity index is 1.18. The van der Waals surface area contributed by atoms with E-state index in [1.165, 1.54) is 4.90 Å². The van der Waals surface area contributed by atoms with Crippen LogP contribution in [0.2, 0.25) is 10.0 Å². The fraction of sp³-hybridized carbons (Fsp3) is 0.308. The average Bonchev–Trinajstić information content (AvgIpc) is 3.10. The third-order valence-electron chi connectivity index (χ3n) is 8.73. The predicted octanol–water partition coefficient (Wildman–Crippen LogP) is 8.21. The van der Waals surface area contributed by atoms with Crippen molar-refractivity contribution in [2.45, 2.75) is 32.6 Å².